The van der Waals surface area contributed by atoms with Crippen LogP contribution in [0.2, 0.25) is 0 Å². The Kier molecular flexibility index (Phi) is 11.4. The van der Waals surface area contributed by atoms with E-state index in [1.54, 1.807) is 6.92 Å². The molecule has 0 saturated heterocycles. The number of nitrogens with zero attached hydrogens (tertiary/aromatic N) is 1. The summed E-state index contributed by atoms with van der Waals surface area (Å²) in [6, 6.07) is -2.53. The number of nitrogens with two attached hydrogens (primary N) is 1. The average molecular weight is 411 g/mol. The van der Waals surface area contributed by atoms with Gasteiger partial charge in [0.05, 0.1) is 12.1 Å². The Bertz CT molecular complexity index is 598. The van der Waals surface area contributed by atoms with Crippen LogP contribution < -0.4 is 16.4 Å². The van der Waals surface area contributed by atoms with E-state index in [-0.39, 0.29) is 12.5 Å². The molecule has 3 amide bonds. The minimum atomic E-state index is -0.949. The van der Waals surface area contributed by atoms with E-state index in [9.17, 15) is 19.2 Å². The van der Waals surface area contributed by atoms with Gasteiger partial charge in [0.1, 0.15) is 6.04 Å². The highest BCUT2D eigenvalue weighted by Crippen LogP contribution is 2.20. The van der Waals surface area contributed by atoms with E-state index in [0.717, 1.165) is 0 Å². The first-order valence-corrected chi connectivity index (χ1v) is 10.2. The van der Waals surface area contributed by atoms with Gasteiger partial charge < -0.3 is 21.3 Å². The van der Waals surface area contributed by atoms with Crippen LogP contribution in [-0.4, -0.2) is 59.6 Å². The van der Waals surface area contributed by atoms with E-state index in [2.05, 4.69) is 17.2 Å². The molecule has 1 unspecified atom stereocenters. The molecule has 0 bridgehead atoms. The zero-order valence-corrected chi connectivity index (χ0v) is 18.7. The molecule has 0 spiro atoms. The molecule has 3 atom stereocenters. The first-order valence-electron chi connectivity index (χ1n) is 10.2. The lowest BCUT2D eigenvalue weighted by molar-refractivity contribution is -0.144. The SMILES string of the molecule is C=CCNC(=O)C(=O)C(CCC)NC(=O)[C@H](C)N(CCC)C(=O)[C@@H](N)C(C)(C)C. The summed E-state index contributed by atoms with van der Waals surface area (Å²) in [4.78, 5) is 51.5. The van der Waals surface area contributed by atoms with Gasteiger partial charge >= 0.3 is 0 Å². The molecule has 0 aromatic carbocycles. The van der Waals surface area contributed by atoms with Gasteiger partial charge in [0.25, 0.3) is 5.91 Å². The summed E-state index contributed by atoms with van der Waals surface area (Å²) in [6.07, 6.45) is 3.04. The van der Waals surface area contributed by atoms with E-state index in [4.69, 9.17) is 5.73 Å². The highest BCUT2D eigenvalue weighted by molar-refractivity contribution is 6.38. The summed E-state index contributed by atoms with van der Waals surface area (Å²) >= 11 is 0. The summed E-state index contributed by atoms with van der Waals surface area (Å²) in [5.74, 6) is -2.29. The van der Waals surface area contributed by atoms with E-state index in [1.807, 2.05) is 34.6 Å². The molecule has 0 fully saturated rings. The van der Waals surface area contributed by atoms with Crippen molar-refractivity contribution in [2.45, 2.75) is 78.9 Å². The number of ketones is 1. The van der Waals surface area contributed by atoms with Crippen molar-refractivity contribution >= 4 is 23.5 Å². The summed E-state index contributed by atoms with van der Waals surface area (Å²) in [5.41, 5.74) is 5.65. The third-order valence-electron chi connectivity index (χ3n) is 4.63. The van der Waals surface area contributed by atoms with Gasteiger partial charge in [-0.1, -0.05) is 47.1 Å². The molecule has 0 aliphatic carbocycles. The second-order valence-electron chi connectivity index (χ2n) is 8.26. The van der Waals surface area contributed by atoms with Crippen LogP contribution in [0.1, 0.15) is 60.8 Å². The third kappa shape index (κ3) is 8.35. The van der Waals surface area contributed by atoms with Crippen molar-refractivity contribution in [2.24, 2.45) is 11.1 Å². The molecule has 0 radical (unpaired) electrons. The van der Waals surface area contributed by atoms with Crippen LogP contribution in [0.4, 0.5) is 0 Å². The van der Waals surface area contributed by atoms with Crippen molar-refractivity contribution in [2.75, 3.05) is 13.1 Å². The Morgan fingerprint density at radius 1 is 1.14 bits per heavy atom. The lowest BCUT2D eigenvalue weighted by Crippen LogP contribution is -2.58. The number of Topliss-reactive ketones (excluding diaryl/α,β-unsaturated/α-hetero) is 1. The van der Waals surface area contributed by atoms with Crippen molar-refractivity contribution in [1.29, 1.82) is 0 Å². The molecule has 8 heteroatoms. The van der Waals surface area contributed by atoms with Gasteiger partial charge in [-0.3, -0.25) is 19.2 Å². The van der Waals surface area contributed by atoms with Gasteiger partial charge in [-0.2, -0.15) is 0 Å². The molecule has 0 aliphatic heterocycles. The largest absolute Gasteiger partial charge is 0.346 e. The average Bonchev–Trinajstić information content (AvgIpc) is 2.66. The van der Waals surface area contributed by atoms with Crippen molar-refractivity contribution < 1.29 is 19.2 Å². The predicted octanol–water partition coefficient (Wildman–Crippen LogP) is 1.14. The van der Waals surface area contributed by atoms with E-state index in [0.29, 0.717) is 25.8 Å². The highest BCUT2D eigenvalue weighted by atomic mass is 16.2. The minimum absolute atomic E-state index is 0.164. The van der Waals surface area contributed by atoms with E-state index in [1.165, 1.54) is 11.0 Å². The second-order valence-corrected chi connectivity index (χ2v) is 8.26. The fourth-order valence-electron chi connectivity index (χ4n) is 2.69. The van der Waals surface area contributed by atoms with Crippen molar-refractivity contribution in [3.8, 4) is 0 Å². The number of carbonyl (C=O) groups is 4. The molecular weight excluding hydrogens is 372 g/mol. The smallest absolute Gasteiger partial charge is 0.289 e. The molecule has 0 saturated carbocycles. The lowest BCUT2D eigenvalue weighted by atomic mass is 9.86. The Balaban J connectivity index is 5.39. The van der Waals surface area contributed by atoms with E-state index < -0.39 is 41.1 Å². The van der Waals surface area contributed by atoms with Crippen molar-refractivity contribution in [3.63, 3.8) is 0 Å². The fourth-order valence-corrected chi connectivity index (χ4v) is 2.69. The topological polar surface area (TPSA) is 122 Å². The molecule has 0 aromatic heterocycles. The maximum Gasteiger partial charge on any atom is 0.289 e. The minimum Gasteiger partial charge on any atom is -0.346 e. The molecule has 8 nitrogen and oxygen atoms in total. The zero-order valence-electron chi connectivity index (χ0n) is 18.7. The molecule has 4 N–H and O–H groups in total. The van der Waals surface area contributed by atoms with Gasteiger partial charge in [-0.15, -0.1) is 6.58 Å². The van der Waals surface area contributed by atoms with Crippen LogP contribution in [-0.2, 0) is 19.2 Å². The van der Waals surface area contributed by atoms with Crippen LogP contribution in [0.3, 0.4) is 0 Å². The van der Waals surface area contributed by atoms with Gasteiger partial charge in [0, 0.05) is 13.1 Å². The van der Waals surface area contributed by atoms with Crippen molar-refractivity contribution in [3.05, 3.63) is 12.7 Å². The highest BCUT2D eigenvalue weighted by Gasteiger charge is 2.36. The number of rotatable bonds is 12. The van der Waals surface area contributed by atoms with Gasteiger partial charge in [-0.05, 0) is 25.2 Å². The number of carbonyl (C=O) groups excluding carboxylic acids is 4. The Labute approximate surface area is 174 Å². The van der Waals surface area contributed by atoms with Crippen LogP contribution in [0.5, 0.6) is 0 Å². The van der Waals surface area contributed by atoms with Crippen LogP contribution in [0.15, 0.2) is 12.7 Å². The molecule has 166 valence electrons. The Morgan fingerprint density at radius 3 is 2.17 bits per heavy atom. The standard InChI is InChI=1S/C21H38N4O4/c1-8-11-15(16(26)19(28)23-12-9-2)24-18(27)14(4)25(13-10-3)20(29)17(22)21(5,6)7/h9,14-15,17H,2,8,10-13,22H2,1,3-7H3,(H,23,28)(H,24,27)/t14-,15?,17+/m0/s1. The summed E-state index contributed by atoms with van der Waals surface area (Å²) in [5, 5.41) is 5.06. The van der Waals surface area contributed by atoms with Gasteiger partial charge in [0.15, 0.2) is 0 Å². The molecule has 0 aliphatic rings. The molecule has 0 rings (SSSR count). The first-order chi connectivity index (χ1) is 13.4. The monoisotopic (exact) mass is 410 g/mol. The summed E-state index contributed by atoms with van der Waals surface area (Å²) in [7, 11) is 0. The molecular formula is C21H38N4O4. The van der Waals surface area contributed by atoms with Crippen LogP contribution in [0, 0.1) is 5.41 Å². The Morgan fingerprint density at radius 2 is 1.72 bits per heavy atom. The maximum absolute atomic E-state index is 12.9. The van der Waals surface area contributed by atoms with Crippen LogP contribution >= 0.6 is 0 Å². The predicted molar refractivity (Wildman–Crippen MR) is 114 cm³/mol. The van der Waals surface area contributed by atoms with Gasteiger partial charge in [-0.25, -0.2) is 0 Å². The summed E-state index contributed by atoms with van der Waals surface area (Å²) < 4.78 is 0. The quantitative estimate of drug-likeness (QED) is 0.329. The zero-order chi connectivity index (χ0) is 22.8. The molecule has 29 heavy (non-hydrogen) atoms. The first kappa shape index (κ1) is 26.8. The number of amides is 3. The maximum atomic E-state index is 12.9. The fraction of sp³-hybridized carbons (Fsp3) is 0.714. The van der Waals surface area contributed by atoms with E-state index >= 15 is 0 Å². The molecule has 0 aromatic rings. The molecule has 0 heterocycles. The normalized spacial score (nSPS) is 14.3. The van der Waals surface area contributed by atoms with Crippen molar-refractivity contribution in [1.82, 2.24) is 15.5 Å². The van der Waals surface area contributed by atoms with Gasteiger partial charge in [0.2, 0.25) is 17.6 Å². The Hall–Kier alpha value is -2.22. The lowest BCUT2D eigenvalue weighted by Gasteiger charge is -2.35. The third-order valence-corrected chi connectivity index (χ3v) is 4.63. The number of nitrogens with one attached hydrogen (secondary N) is 2. The number of hydrogen-bond donors (Lipinski definition) is 3. The van der Waals surface area contributed by atoms with Crippen LogP contribution in [0.25, 0.3) is 0 Å². The summed E-state index contributed by atoms with van der Waals surface area (Å²) in [6.45, 7) is 15.0. The number of hydrogen-bond acceptors (Lipinski definition) is 5. The second kappa shape index (κ2) is 12.4.